The second-order valence-electron chi connectivity index (χ2n) is 8.42. The Morgan fingerprint density at radius 1 is 1.24 bits per heavy atom. The van der Waals surface area contributed by atoms with Gasteiger partial charge >= 0.3 is 0 Å². The molecule has 0 fully saturated rings. The van der Waals surface area contributed by atoms with Gasteiger partial charge in [0, 0.05) is 38.2 Å². The first-order valence-corrected chi connectivity index (χ1v) is 13.2. The van der Waals surface area contributed by atoms with Crippen molar-refractivity contribution >= 4 is 28.2 Å². The van der Waals surface area contributed by atoms with Crippen LogP contribution in [-0.2, 0) is 13.0 Å². The van der Waals surface area contributed by atoms with Crippen molar-refractivity contribution in [1.29, 1.82) is 0 Å². The second kappa shape index (κ2) is 14.2. The van der Waals surface area contributed by atoms with Crippen LogP contribution in [-0.4, -0.2) is 27.3 Å². The molecule has 1 atom stereocenters. The number of hydrogen-bond acceptors (Lipinski definition) is 4. The zero-order chi connectivity index (χ0) is 26.6. The molecule has 0 radical (unpaired) electrons. The summed E-state index contributed by atoms with van der Waals surface area (Å²) in [5, 5.41) is 0.824. The van der Waals surface area contributed by atoms with Gasteiger partial charge in [0.2, 0.25) is 0 Å². The van der Waals surface area contributed by atoms with Gasteiger partial charge in [-0.2, -0.15) is 0 Å². The Hall–Kier alpha value is -3.67. The summed E-state index contributed by atoms with van der Waals surface area (Å²) in [7, 11) is 1.71. The van der Waals surface area contributed by atoms with Crippen LogP contribution in [0, 0.1) is 29.6 Å². The third-order valence-corrected chi connectivity index (χ3v) is 6.28. The monoisotopic (exact) mass is 512 g/mol. The minimum Gasteiger partial charge on any atom is -0.296 e. The Morgan fingerprint density at radius 3 is 2.81 bits per heavy atom. The first kappa shape index (κ1) is 27.9. The minimum atomic E-state index is -0.0867. The summed E-state index contributed by atoms with van der Waals surface area (Å²) in [6.45, 7) is 6.68. The van der Waals surface area contributed by atoms with E-state index in [1.165, 1.54) is 0 Å². The van der Waals surface area contributed by atoms with Crippen LogP contribution in [0.15, 0.2) is 58.5 Å². The summed E-state index contributed by atoms with van der Waals surface area (Å²) in [6.07, 6.45) is 9.88. The van der Waals surface area contributed by atoms with Crippen molar-refractivity contribution in [2.75, 3.05) is 7.05 Å². The zero-order valence-electron chi connectivity index (χ0n) is 22.0. The van der Waals surface area contributed by atoms with E-state index in [9.17, 15) is 4.79 Å². The van der Waals surface area contributed by atoms with Crippen molar-refractivity contribution in [3.63, 3.8) is 0 Å². The van der Waals surface area contributed by atoms with Crippen LogP contribution in [0.3, 0.4) is 0 Å². The lowest BCUT2D eigenvalue weighted by Gasteiger charge is -2.11. The van der Waals surface area contributed by atoms with Gasteiger partial charge in [-0.3, -0.25) is 14.4 Å². The highest BCUT2D eigenvalue weighted by atomic mass is 35.5. The number of benzene rings is 1. The Balaban J connectivity index is 0.00000186. The molecule has 2 aromatic heterocycles. The van der Waals surface area contributed by atoms with E-state index in [0.29, 0.717) is 39.7 Å². The highest BCUT2D eigenvalue weighted by molar-refractivity contribution is 6.35. The number of hydrogen-bond donors (Lipinski definition) is 0. The summed E-state index contributed by atoms with van der Waals surface area (Å²) >= 11 is 6.55. The molecule has 0 N–H and O–H groups in total. The van der Waals surface area contributed by atoms with Gasteiger partial charge < -0.3 is 0 Å². The van der Waals surface area contributed by atoms with Gasteiger partial charge in [0.05, 0.1) is 15.9 Å². The van der Waals surface area contributed by atoms with Crippen LogP contribution in [0.5, 0.6) is 0 Å². The molecule has 1 aliphatic rings. The lowest BCUT2D eigenvalue weighted by molar-refractivity contribution is 0.455. The van der Waals surface area contributed by atoms with Crippen LogP contribution >= 0.6 is 11.6 Å². The number of rotatable bonds is 3. The van der Waals surface area contributed by atoms with E-state index >= 15 is 0 Å². The molecule has 4 rings (SSSR count). The number of pyridine rings is 1. The molecule has 0 amide bonds. The van der Waals surface area contributed by atoms with E-state index in [4.69, 9.17) is 16.6 Å². The van der Waals surface area contributed by atoms with E-state index in [1.54, 1.807) is 23.9 Å². The molecule has 0 spiro atoms. The van der Waals surface area contributed by atoms with Gasteiger partial charge in [0.1, 0.15) is 17.2 Å². The maximum absolute atomic E-state index is 13.3. The summed E-state index contributed by atoms with van der Waals surface area (Å²) in [5.74, 6) is 13.8. The third-order valence-electron chi connectivity index (χ3n) is 5.99. The van der Waals surface area contributed by atoms with Crippen molar-refractivity contribution in [1.82, 2.24) is 14.5 Å². The Bertz CT molecular complexity index is 1460. The Morgan fingerprint density at radius 2 is 2.08 bits per heavy atom. The van der Waals surface area contributed by atoms with Crippen molar-refractivity contribution in [2.45, 2.75) is 59.4 Å². The van der Waals surface area contributed by atoms with Crippen LogP contribution in [0.4, 0.5) is 0 Å². The lowest BCUT2D eigenvalue weighted by atomic mass is 9.97. The second-order valence-corrected chi connectivity index (χ2v) is 8.83. The first-order chi connectivity index (χ1) is 18.1. The number of fused-ring (bicyclic) bond motifs is 2. The first-order valence-electron chi connectivity index (χ1n) is 12.9. The lowest BCUT2D eigenvalue weighted by Crippen LogP contribution is -2.25. The molecular weight excluding hydrogens is 480 g/mol. The molecule has 0 saturated heterocycles. The molecule has 6 heteroatoms. The molecule has 37 heavy (non-hydrogen) atoms. The Kier molecular flexibility index (Phi) is 10.7. The molecule has 1 aromatic carbocycles. The fourth-order valence-corrected chi connectivity index (χ4v) is 4.39. The molecule has 1 aliphatic heterocycles. The van der Waals surface area contributed by atoms with Crippen molar-refractivity contribution < 1.29 is 0 Å². The number of allylic oxidation sites excluding steroid dienone is 2. The van der Waals surface area contributed by atoms with Gasteiger partial charge in [0.15, 0.2) is 0 Å². The summed E-state index contributed by atoms with van der Waals surface area (Å²) in [5.41, 5.74) is 2.68. The molecule has 0 bridgehead atoms. The Labute approximate surface area is 224 Å². The van der Waals surface area contributed by atoms with E-state index in [0.717, 1.165) is 43.6 Å². The highest BCUT2D eigenvalue weighted by Gasteiger charge is 2.20. The van der Waals surface area contributed by atoms with Crippen LogP contribution in [0.2, 0.25) is 5.02 Å². The number of aliphatic imine (C=N–C) groups is 1. The molecule has 1 unspecified atom stereocenters. The van der Waals surface area contributed by atoms with Crippen LogP contribution in [0.1, 0.15) is 63.5 Å². The van der Waals surface area contributed by atoms with E-state index in [2.05, 4.69) is 40.6 Å². The van der Waals surface area contributed by atoms with Crippen molar-refractivity contribution in [3.8, 4) is 23.7 Å². The van der Waals surface area contributed by atoms with Gasteiger partial charge in [-0.05, 0) is 67.4 Å². The summed E-state index contributed by atoms with van der Waals surface area (Å²) < 4.78 is 1.78. The fourth-order valence-electron chi connectivity index (χ4n) is 4.09. The molecular formula is C31H33ClN4O. The standard InChI is InChI=1S/C29H27ClN4O.C2H6/c1-3-4-9-23(31-2)14-12-22-19-25(30)28-26(20-22)33-27-15-13-21(16-18-34(27)29(28)35)8-7-11-24-10-5-6-17-32-24;1-2/h4-6,9-10,17,19-21H,3,8,13,15-16,18H2,1-2H3;1-2H3/b9-4-,31-23?;. The highest BCUT2D eigenvalue weighted by Crippen LogP contribution is 2.25. The third kappa shape index (κ3) is 7.42. The number of nitrogens with zero attached hydrogens (tertiary/aromatic N) is 4. The minimum absolute atomic E-state index is 0.0867. The average molecular weight is 513 g/mol. The topological polar surface area (TPSA) is 60.1 Å². The van der Waals surface area contributed by atoms with Gasteiger partial charge in [-0.15, -0.1) is 0 Å². The maximum Gasteiger partial charge on any atom is 0.262 e. The quantitative estimate of drug-likeness (QED) is 0.307. The number of aryl methyl sites for hydroxylation is 1. The molecule has 3 aromatic rings. The van der Waals surface area contributed by atoms with E-state index < -0.39 is 0 Å². The van der Waals surface area contributed by atoms with Gasteiger partial charge in [-0.1, -0.05) is 56.4 Å². The SMILES string of the molecule is CC.CC/C=C\C(C#Cc1cc(Cl)c2c(=O)n3c(nc2c1)CCC(CC#Cc1ccccn1)CC3)=NC. The van der Waals surface area contributed by atoms with Crippen LogP contribution in [0.25, 0.3) is 10.9 Å². The smallest absolute Gasteiger partial charge is 0.262 e. The van der Waals surface area contributed by atoms with Gasteiger partial charge in [-0.25, -0.2) is 9.97 Å². The van der Waals surface area contributed by atoms with Gasteiger partial charge in [0.25, 0.3) is 5.56 Å². The van der Waals surface area contributed by atoms with Crippen LogP contribution < -0.4 is 5.56 Å². The maximum atomic E-state index is 13.3. The predicted molar refractivity (Wildman–Crippen MR) is 154 cm³/mol. The largest absolute Gasteiger partial charge is 0.296 e. The van der Waals surface area contributed by atoms with Crippen molar-refractivity contribution in [3.05, 3.63) is 81.1 Å². The van der Waals surface area contributed by atoms with E-state index in [-0.39, 0.29) is 5.56 Å². The molecule has 0 saturated carbocycles. The average Bonchev–Trinajstić information content (AvgIpc) is 3.13. The molecule has 190 valence electrons. The normalized spacial score (nSPS) is 14.9. The number of halogens is 1. The predicted octanol–water partition coefficient (Wildman–Crippen LogP) is 6.25. The fraction of sp³-hybridized carbons (Fsp3) is 0.355. The van der Waals surface area contributed by atoms with Crippen molar-refractivity contribution in [2.24, 2.45) is 10.9 Å². The summed E-state index contributed by atoms with van der Waals surface area (Å²) in [4.78, 5) is 26.6. The number of aromatic nitrogens is 3. The zero-order valence-corrected chi connectivity index (χ0v) is 22.8. The molecule has 0 aliphatic carbocycles. The molecule has 3 heterocycles. The van der Waals surface area contributed by atoms with E-state index in [1.807, 2.05) is 50.3 Å². The summed E-state index contributed by atoms with van der Waals surface area (Å²) in [6, 6.07) is 9.30. The molecule has 5 nitrogen and oxygen atoms in total.